The summed E-state index contributed by atoms with van der Waals surface area (Å²) >= 11 is 6.10. The number of benzene rings is 2. The van der Waals surface area contributed by atoms with Crippen LogP contribution in [0.5, 0.6) is 11.5 Å². The normalized spacial score (nSPS) is 17.9. The SMILES string of the molecule is C[C@@H]1CCCCN1CC(=O)Nc1cc(Cl)ccc1Oc1ccccc1. The molecule has 0 saturated carbocycles. The van der Waals surface area contributed by atoms with E-state index in [0.29, 0.717) is 34.8 Å². The maximum absolute atomic E-state index is 12.5. The number of para-hydroxylation sites is 1. The van der Waals surface area contributed by atoms with E-state index in [1.165, 1.54) is 6.42 Å². The van der Waals surface area contributed by atoms with Crippen LogP contribution in [0.2, 0.25) is 5.02 Å². The van der Waals surface area contributed by atoms with E-state index in [9.17, 15) is 4.79 Å². The van der Waals surface area contributed by atoms with Crippen molar-refractivity contribution in [3.05, 3.63) is 53.6 Å². The average Bonchev–Trinajstić information content (AvgIpc) is 2.60. The predicted octanol–water partition coefficient (Wildman–Crippen LogP) is 4.95. The third kappa shape index (κ3) is 4.97. The number of nitrogens with zero attached hydrogens (tertiary/aromatic N) is 1. The van der Waals surface area contributed by atoms with E-state index < -0.39 is 0 Å². The second kappa shape index (κ2) is 8.37. The first-order valence-corrected chi connectivity index (χ1v) is 9.06. The van der Waals surface area contributed by atoms with Crippen LogP contribution in [0.4, 0.5) is 5.69 Å². The Hall–Kier alpha value is -2.04. The molecule has 1 amide bonds. The lowest BCUT2D eigenvalue weighted by atomic mass is 10.0. The number of halogens is 1. The number of hydrogen-bond donors (Lipinski definition) is 1. The molecule has 0 aromatic heterocycles. The van der Waals surface area contributed by atoms with Gasteiger partial charge in [0.25, 0.3) is 0 Å². The van der Waals surface area contributed by atoms with E-state index in [1.807, 2.05) is 30.3 Å². The summed E-state index contributed by atoms with van der Waals surface area (Å²) in [6.07, 6.45) is 3.53. The van der Waals surface area contributed by atoms with Gasteiger partial charge in [0, 0.05) is 11.1 Å². The fraction of sp³-hybridized carbons (Fsp3) is 0.350. The molecule has 3 rings (SSSR count). The second-order valence-electron chi connectivity index (χ2n) is 6.42. The Bertz CT molecular complexity index is 721. The van der Waals surface area contributed by atoms with Crippen LogP contribution < -0.4 is 10.1 Å². The molecule has 1 N–H and O–H groups in total. The van der Waals surface area contributed by atoms with Crippen molar-refractivity contribution in [1.82, 2.24) is 4.90 Å². The Morgan fingerprint density at radius 2 is 2.04 bits per heavy atom. The Morgan fingerprint density at radius 1 is 1.24 bits per heavy atom. The zero-order chi connectivity index (χ0) is 17.6. The van der Waals surface area contributed by atoms with Crippen LogP contribution >= 0.6 is 11.6 Å². The van der Waals surface area contributed by atoms with Gasteiger partial charge in [-0.15, -0.1) is 0 Å². The fourth-order valence-electron chi connectivity index (χ4n) is 3.07. The molecule has 2 aromatic carbocycles. The first-order valence-electron chi connectivity index (χ1n) is 8.68. The summed E-state index contributed by atoms with van der Waals surface area (Å²) < 4.78 is 5.89. The first-order chi connectivity index (χ1) is 12.1. The molecule has 0 unspecified atom stereocenters. The molecular formula is C20H23ClN2O2. The van der Waals surface area contributed by atoms with Gasteiger partial charge in [-0.2, -0.15) is 0 Å². The van der Waals surface area contributed by atoms with Crippen molar-refractivity contribution >= 4 is 23.2 Å². The summed E-state index contributed by atoms with van der Waals surface area (Å²) in [5, 5.41) is 3.51. The van der Waals surface area contributed by atoms with Crippen molar-refractivity contribution in [2.75, 3.05) is 18.4 Å². The first kappa shape index (κ1) is 17.8. The second-order valence-corrected chi connectivity index (χ2v) is 6.86. The van der Waals surface area contributed by atoms with E-state index in [2.05, 4.69) is 17.1 Å². The highest BCUT2D eigenvalue weighted by atomic mass is 35.5. The maximum Gasteiger partial charge on any atom is 0.238 e. The minimum absolute atomic E-state index is 0.0473. The third-order valence-corrected chi connectivity index (χ3v) is 4.71. The van der Waals surface area contributed by atoms with Crippen LogP contribution in [-0.4, -0.2) is 29.9 Å². The summed E-state index contributed by atoms with van der Waals surface area (Å²) in [7, 11) is 0. The summed E-state index contributed by atoms with van der Waals surface area (Å²) in [5.41, 5.74) is 0.589. The number of nitrogens with one attached hydrogen (secondary N) is 1. The van der Waals surface area contributed by atoms with Crippen LogP contribution in [0.15, 0.2) is 48.5 Å². The third-order valence-electron chi connectivity index (χ3n) is 4.47. The number of likely N-dealkylation sites (tertiary alicyclic amines) is 1. The van der Waals surface area contributed by atoms with Gasteiger partial charge in [-0.1, -0.05) is 36.2 Å². The van der Waals surface area contributed by atoms with Crippen molar-refractivity contribution in [2.45, 2.75) is 32.2 Å². The highest BCUT2D eigenvalue weighted by molar-refractivity contribution is 6.31. The summed E-state index contributed by atoms with van der Waals surface area (Å²) in [5.74, 6) is 1.24. The van der Waals surface area contributed by atoms with Gasteiger partial charge < -0.3 is 10.1 Å². The number of ether oxygens (including phenoxy) is 1. The van der Waals surface area contributed by atoms with Crippen molar-refractivity contribution in [1.29, 1.82) is 0 Å². The molecule has 0 aliphatic carbocycles. The van der Waals surface area contributed by atoms with Crippen LogP contribution in [0.1, 0.15) is 26.2 Å². The highest BCUT2D eigenvalue weighted by Crippen LogP contribution is 2.32. The molecular weight excluding hydrogens is 336 g/mol. The number of carbonyl (C=O) groups excluding carboxylic acids is 1. The van der Waals surface area contributed by atoms with E-state index in [4.69, 9.17) is 16.3 Å². The molecule has 1 atom stereocenters. The monoisotopic (exact) mass is 358 g/mol. The number of piperidine rings is 1. The van der Waals surface area contributed by atoms with Gasteiger partial charge in [0.2, 0.25) is 5.91 Å². The number of rotatable bonds is 5. The fourth-order valence-corrected chi connectivity index (χ4v) is 3.24. The molecule has 0 radical (unpaired) electrons. The molecule has 1 fully saturated rings. The van der Waals surface area contributed by atoms with E-state index in [-0.39, 0.29) is 5.91 Å². The van der Waals surface area contributed by atoms with Crippen LogP contribution in [0, 0.1) is 0 Å². The van der Waals surface area contributed by atoms with Gasteiger partial charge in [0.1, 0.15) is 5.75 Å². The summed E-state index contributed by atoms with van der Waals surface area (Å²) in [4.78, 5) is 14.7. The molecule has 132 valence electrons. The molecule has 1 heterocycles. The number of amides is 1. The molecule has 1 aliphatic heterocycles. The molecule has 0 bridgehead atoms. The van der Waals surface area contributed by atoms with Crippen LogP contribution in [0.25, 0.3) is 0 Å². The number of anilines is 1. The summed E-state index contributed by atoms with van der Waals surface area (Å²) in [6.45, 7) is 3.53. The van der Waals surface area contributed by atoms with E-state index >= 15 is 0 Å². The minimum atomic E-state index is -0.0473. The molecule has 2 aromatic rings. The molecule has 25 heavy (non-hydrogen) atoms. The molecule has 4 nitrogen and oxygen atoms in total. The maximum atomic E-state index is 12.5. The predicted molar refractivity (Wildman–Crippen MR) is 101 cm³/mol. The Kier molecular flexibility index (Phi) is 5.95. The molecule has 1 aliphatic rings. The smallest absolute Gasteiger partial charge is 0.238 e. The van der Waals surface area contributed by atoms with Gasteiger partial charge in [0.05, 0.1) is 12.2 Å². The minimum Gasteiger partial charge on any atom is -0.455 e. The van der Waals surface area contributed by atoms with Gasteiger partial charge in [-0.05, 0) is 56.6 Å². The van der Waals surface area contributed by atoms with Crippen molar-refractivity contribution in [3.8, 4) is 11.5 Å². The quantitative estimate of drug-likeness (QED) is 0.822. The van der Waals surface area contributed by atoms with E-state index in [0.717, 1.165) is 19.4 Å². The van der Waals surface area contributed by atoms with Gasteiger partial charge in [-0.3, -0.25) is 9.69 Å². The van der Waals surface area contributed by atoms with Crippen molar-refractivity contribution in [3.63, 3.8) is 0 Å². The lowest BCUT2D eigenvalue weighted by Crippen LogP contribution is -2.42. The largest absolute Gasteiger partial charge is 0.455 e. The Morgan fingerprint density at radius 3 is 2.80 bits per heavy atom. The number of carbonyl (C=O) groups is 1. The van der Waals surface area contributed by atoms with Crippen LogP contribution in [-0.2, 0) is 4.79 Å². The molecule has 0 spiro atoms. The zero-order valence-corrected chi connectivity index (χ0v) is 15.1. The van der Waals surface area contributed by atoms with Gasteiger partial charge >= 0.3 is 0 Å². The average molecular weight is 359 g/mol. The number of hydrogen-bond acceptors (Lipinski definition) is 3. The van der Waals surface area contributed by atoms with Crippen LogP contribution in [0.3, 0.4) is 0 Å². The zero-order valence-electron chi connectivity index (χ0n) is 14.4. The summed E-state index contributed by atoms with van der Waals surface area (Å²) in [6, 6.07) is 15.2. The molecule has 5 heteroatoms. The molecule has 1 saturated heterocycles. The Balaban J connectivity index is 1.70. The Labute approximate surface area is 153 Å². The van der Waals surface area contributed by atoms with Crippen molar-refractivity contribution < 1.29 is 9.53 Å². The van der Waals surface area contributed by atoms with E-state index in [1.54, 1.807) is 18.2 Å². The van der Waals surface area contributed by atoms with Gasteiger partial charge in [0.15, 0.2) is 5.75 Å². The van der Waals surface area contributed by atoms with Gasteiger partial charge in [-0.25, -0.2) is 0 Å². The highest BCUT2D eigenvalue weighted by Gasteiger charge is 2.21. The lowest BCUT2D eigenvalue weighted by Gasteiger charge is -2.32. The van der Waals surface area contributed by atoms with Crippen molar-refractivity contribution in [2.24, 2.45) is 0 Å². The lowest BCUT2D eigenvalue weighted by molar-refractivity contribution is -0.118. The standard InChI is InChI=1S/C20H23ClN2O2/c1-15-7-5-6-12-23(15)14-20(24)22-18-13-16(21)10-11-19(18)25-17-8-3-2-4-9-17/h2-4,8-11,13,15H,5-7,12,14H2,1H3,(H,22,24)/t15-/m1/s1. The topological polar surface area (TPSA) is 41.6 Å².